The molecule has 0 aliphatic heterocycles. The molecule has 0 spiro atoms. The molecule has 0 aliphatic rings. The molecule has 0 bridgehead atoms. The summed E-state index contributed by atoms with van der Waals surface area (Å²) in [6.45, 7) is 12.0. The van der Waals surface area contributed by atoms with E-state index in [1.54, 1.807) is 11.8 Å². The fraction of sp³-hybridized carbons (Fsp3) is 0.611. The summed E-state index contributed by atoms with van der Waals surface area (Å²) in [5.74, 6) is 0.956. The van der Waals surface area contributed by atoms with Crippen molar-refractivity contribution in [3.8, 4) is 0 Å². The smallest absolute Gasteiger partial charge is 0.194 e. The molecule has 5 heteroatoms. The Hall–Kier alpha value is -1.20. The van der Waals surface area contributed by atoms with Crippen LogP contribution in [0.5, 0.6) is 0 Å². The number of benzene rings is 1. The van der Waals surface area contributed by atoms with Gasteiger partial charge in [-0.25, -0.2) is 0 Å². The van der Waals surface area contributed by atoms with Gasteiger partial charge in [-0.3, -0.25) is 4.99 Å². The number of nitrogens with zero attached hydrogens (tertiary/aromatic N) is 2. The van der Waals surface area contributed by atoms with E-state index in [2.05, 4.69) is 80.8 Å². The highest BCUT2D eigenvalue weighted by Crippen LogP contribution is 2.15. The molecule has 1 aromatic carbocycles. The number of nitrogens with one attached hydrogen (secondary N) is 2. The van der Waals surface area contributed by atoms with Crippen LogP contribution in [0.4, 0.5) is 0 Å². The van der Waals surface area contributed by atoms with Crippen molar-refractivity contribution in [2.24, 2.45) is 4.99 Å². The van der Waals surface area contributed by atoms with Gasteiger partial charge in [0.2, 0.25) is 0 Å². The second-order valence-electron chi connectivity index (χ2n) is 6.62. The van der Waals surface area contributed by atoms with Gasteiger partial charge in [-0.2, -0.15) is 0 Å². The van der Waals surface area contributed by atoms with Crippen LogP contribution < -0.4 is 10.6 Å². The third-order valence-corrected chi connectivity index (χ3v) is 4.05. The summed E-state index contributed by atoms with van der Waals surface area (Å²) in [5, 5.41) is 6.83. The van der Waals surface area contributed by atoms with Gasteiger partial charge in [0, 0.05) is 37.1 Å². The molecule has 0 heterocycles. The maximum Gasteiger partial charge on any atom is 0.194 e. The number of hydrogen-bond donors (Lipinski definition) is 2. The summed E-state index contributed by atoms with van der Waals surface area (Å²) in [5.41, 5.74) is 1.43. The SMILES string of the molecule is CCNC(=NCCNC(C)(C)C)N(C)Cc1ccc(SC)cc1. The minimum Gasteiger partial charge on any atom is -0.357 e. The Morgan fingerprint density at radius 3 is 2.39 bits per heavy atom. The van der Waals surface area contributed by atoms with E-state index in [1.165, 1.54) is 10.5 Å². The predicted molar refractivity (Wildman–Crippen MR) is 103 cm³/mol. The molecular weight excluding hydrogens is 304 g/mol. The minimum absolute atomic E-state index is 0.138. The largest absolute Gasteiger partial charge is 0.357 e. The Balaban J connectivity index is 2.59. The highest BCUT2D eigenvalue weighted by atomic mass is 32.2. The zero-order valence-electron chi connectivity index (χ0n) is 15.4. The Morgan fingerprint density at radius 1 is 1.22 bits per heavy atom. The molecule has 130 valence electrons. The van der Waals surface area contributed by atoms with Gasteiger partial charge in [0.1, 0.15) is 0 Å². The van der Waals surface area contributed by atoms with E-state index in [-0.39, 0.29) is 5.54 Å². The third-order valence-electron chi connectivity index (χ3n) is 3.30. The molecule has 0 aromatic heterocycles. The Labute approximate surface area is 146 Å². The molecule has 1 aromatic rings. The Kier molecular flexibility index (Phi) is 8.48. The third kappa shape index (κ3) is 8.28. The van der Waals surface area contributed by atoms with Crippen LogP contribution in [0.3, 0.4) is 0 Å². The maximum absolute atomic E-state index is 4.71. The van der Waals surface area contributed by atoms with E-state index >= 15 is 0 Å². The van der Waals surface area contributed by atoms with Gasteiger partial charge >= 0.3 is 0 Å². The summed E-state index contributed by atoms with van der Waals surface area (Å²) < 4.78 is 0. The van der Waals surface area contributed by atoms with Gasteiger partial charge in [0.25, 0.3) is 0 Å². The van der Waals surface area contributed by atoms with Gasteiger partial charge in [-0.15, -0.1) is 11.8 Å². The van der Waals surface area contributed by atoms with Crippen LogP contribution in [0, 0.1) is 0 Å². The molecule has 23 heavy (non-hydrogen) atoms. The van der Waals surface area contributed by atoms with Crippen molar-refractivity contribution in [3.05, 3.63) is 29.8 Å². The van der Waals surface area contributed by atoms with E-state index in [0.29, 0.717) is 0 Å². The molecule has 0 amide bonds. The van der Waals surface area contributed by atoms with Gasteiger partial charge in [0.05, 0.1) is 6.54 Å². The number of guanidine groups is 1. The van der Waals surface area contributed by atoms with Crippen molar-refractivity contribution < 1.29 is 0 Å². The standard InChI is InChI=1S/C18H32N4S/c1-7-19-17(20-12-13-21-18(2,3)4)22(5)14-15-8-10-16(23-6)11-9-15/h8-11,21H,7,12-14H2,1-6H3,(H,19,20). The molecule has 4 nitrogen and oxygen atoms in total. The van der Waals surface area contributed by atoms with Crippen LogP contribution in [-0.2, 0) is 6.54 Å². The van der Waals surface area contributed by atoms with Gasteiger partial charge < -0.3 is 15.5 Å². The molecule has 0 saturated heterocycles. The van der Waals surface area contributed by atoms with Crippen molar-refractivity contribution in [1.29, 1.82) is 0 Å². The van der Waals surface area contributed by atoms with Gasteiger partial charge in [-0.05, 0) is 51.6 Å². The van der Waals surface area contributed by atoms with Crippen LogP contribution in [-0.4, -0.2) is 49.3 Å². The lowest BCUT2D eigenvalue weighted by Gasteiger charge is -2.23. The molecule has 0 aliphatic carbocycles. The summed E-state index contributed by atoms with van der Waals surface area (Å²) >= 11 is 1.77. The van der Waals surface area contributed by atoms with Crippen molar-refractivity contribution in [2.75, 3.05) is 32.9 Å². The molecule has 0 saturated carbocycles. The monoisotopic (exact) mass is 336 g/mol. The van der Waals surface area contributed by atoms with Crippen molar-refractivity contribution >= 4 is 17.7 Å². The fourth-order valence-corrected chi connectivity index (χ4v) is 2.55. The summed E-state index contributed by atoms with van der Waals surface area (Å²) in [6.07, 6.45) is 2.10. The molecule has 0 atom stereocenters. The molecule has 0 fully saturated rings. The first-order chi connectivity index (χ1) is 10.9. The van der Waals surface area contributed by atoms with Gasteiger partial charge in [0.15, 0.2) is 5.96 Å². The second kappa shape index (κ2) is 9.83. The van der Waals surface area contributed by atoms with Crippen LogP contribution in [0.25, 0.3) is 0 Å². The minimum atomic E-state index is 0.138. The lowest BCUT2D eigenvalue weighted by atomic mass is 10.1. The Morgan fingerprint density at radius 2 is 1.87 bits per heavy atom. The summed E-state index contributed by atoms with van der Waals surface area (Å²) in [4.78, 5) is 8.18. The zero-order chi connectivity index (χ0) is 17.3. The number of rotatable bonds is 7. The van der Waals surface area contributed by atoms with Crippen LogP contribution in [0.15, 0.2) is 34.2 Å². The quantitative estimate of drug-likeness (QED) is 0.347. The Bertz CT molecular complexity index is 477. The van der Waals surface area contributed by atoms with E-state index in [1.807, 2.05) is 0 Å². The lowest BCUT2D eigenvalue weighted by molar-refractivity contribution is 0.430. The van der Waals surface area contributed by atoms with E-state index in [0.717, 1.165) is 32.1 Å². The van der Waals surface area contributed by atoms with Crippen LogP contribution in [0.1, 0.15) is 33.3 Å². The number of thioether (sulfide) groups is 1. The number of hydrogen-bond acceptors (Lipinski definition) is 3. The second-order valence-corrected chi connectivity index (χ2v) is 7.50. The highest BCUT2D eigenvalue weighted by molar-refractivity contribution is 7.98. The summed E-state index contributed by atoms with van der Waals surface area (Å²) in [6, 6.07) is 8.72. The first-order valence-corrected chi connectivity index (χ1v) is 9.45. The van der Waals surface area contributed by atoms with Crippen LogP contribution >= 0.6 is 11.8 Å². The lowest BCUT2D eigenvalue weighted by Crippen LogP contribution is -2.40. The normalized spacial score (nSPS) is 12.3. The molecule has 1 rings (SSSR count). The maximum atomic E-state index is 4.71. The molecule has 0 unspecified atom stereocenters. The average molecular weight is 337 g/mol. The zero-order valence-corrected chi connectivity index (χ0v) is 16.3. The first kappa shape index (κ1) is 19.8. The first-order valence-electron chi connectivity index (χ1n) is 8.23. The van der Waals surface area contributed by atoms with Crippen molar-refractivity contribution in [1.82, 2.24) is 15.5 Å². The fourth-order valence-electron chi connectivity index (χ4n) is 2.14. The topological polar surface area (TPSA) is 39.7 Å². The van der Waals surface area contributed by atoms with Gasteiger partial charge in [-0.1, -0.05) is 12.1 Å². The molecular formula is C18H32N4S. The van der Waals surface area contributed by atoms with E-state index < -0.39 is 0 Å². The highest BCUT2D eigenvalue weighted by Gasteiger charge is 2.09. The summed E-state index contributed by atoms with van der Waals surface area (Å²) in [7, 11) is 2.08. The predicted octanol–water partition coefficient (Wildman–Crippen LogP) is 3.19. The van der Waals surface area contributed by atoms with E-state index in [9.17, 15) is 0 Å². The van der Waals surface area contributed by atoms with Crippen molar-refractivity contribution in [3.63, 3.8) is 0 Å². The van der Waals surface area contributed by atoms with Crippen LogP contribution in [0.2, 0.25) is 0 Å². The average Bonchev–Trinajstić information content (AvgIpc) is 2.50. The molecule has 2 N–H and O–H groups in total. The number of aliphatic imine (C=N–C) groups is 1. The van der Waals surface area contributed by atoms with E-state index in [4.69, 9.17) is 4.99 Å². The van der Waals surface area contributed by atoms with Crippen molar-refractivity contribution in [2.45, 2.75) is 44.7 Å². The molecule has 0 radical (unpaired) electrons.